The third kappa shape index (κ3) is 3.70. The van der Waals surface area contributed by atoms with Gasteiger partial charge in [0.25, 0.3) is 0 Å². The second-order valence-electron chi connectivity index (χ2n) is 10.8. The molecule has 3 heterocycles. The number of rotatable bonds is 5. The average molecular weight is 468 g/mol. The van der Waals surface area contributed by atoms with E-state index in [4.69, 9.17) is 9.97 Å². The zero-order valence-electron chi connectivity index (χ0n) is 20.0. The molecule has 0 amide bonds. The van der Waals surface area contributed by atoms with Gasteiger partial charge in [0.2, 0.25) is 0 Å². The number of hydrogen-bond acceptors (Lipinski definition) is 4. The van der Waals surface area contributed by atoms with Crippen LogP contribution in [-0.4, -0.2) is 26.0 Å². The monoisotopic (exact) mass is 467 g/mol. The van der Waals surface area contributed by atoms with Crippen molar-refractivity contribution in [1.29, 1.82) is 0 Å². The molecule has 2 N–H and O–H groups in total. The van der Waals surface area contributed by atoms with Crippen LogP contribution in [0.3, 0.4) is 0 Å². The Hall–Kier alpha value is -3.28. The molecule has 5 nitrogen and oxygen atoms in total. The summed E-state index contributed by atoms with van der Waals surface area (Å²) in [6.07, 6.45) is 10.9. The van der Waals surface area contributed by atoms with Crippen LogP contribution in [0.2, 0.25) is 0 Å². The Balaban J connectivity index is 1.36. The van der Waals surface area contributed by atoms with Crippen LogP contribution in [0.1, 0.15) is 56.9 Å². The fourth-order valence-electron chi connectivity index (χ4n) is 6.60. The van der Waals surface area contributed by atoms with Crippen LogP contribution in [0.25, 0.3) is 33.7 Å². The van der Waals surface area contributed by atoms with Crippen molar-refractivity contribution >= 4 is 16.9 Å². The van der Waals surface area contributed by atoms with Crippen LogP contribution in [0.15, 0.2) is 48.8 Å². The minimum absolute atomic E-state index is 0.362. The Morgan fingerprint density at radius 2 is 1.74 bits per heavy atom. The van der Waals surface area contributed by atoms with Gasteiger partial charge in [-0.15, -0.1) is 0 Å². The SMILES string of the molecule is CC1C2CCC(CC2)C1Nc1cc(-c2ccccc2C2CC2)nc(-c2c[nH]c3ncc(F)cc23)n1. The van der Waals surface area contributed by atoms with Gasteiger partial charge in [0.1, 0.15) is 17.3 Å². The minimum atomic E-state index is -0.362. The van der Waals surface area contributed by atoms with Crippen LogP contribution < -0.4 is 5.32 Å². The summed E-state index contributed by atoms with van der Waals surface area (Å²) in [5.74, 6) is 3.84. The Kier molecular flexibility index (Phi) is 4.90. The van der Waals surface area contributed by atoms with Crippen molar-refractivity contribution in [2.24, 2.45) is 17.8 Å². The predicted octanol–water partition coefficient (Wildman–Crippen LogP) is 6.94. The molecule has 0 radical (unpaired) electrons. The first-order valence-corrected chi connectivity index (χ1v) is 13.0. The quantitative estimate of drug-likeness (QED) is 0.334. The Morgan fingerprint density at radius 3 is 2.54 bits per heavy atom. The first-order chi connectivity index (χ1) is 17.1. The van der Waals surface area contributed by atoms with E-state index >= 15 is 0 Å². The zero-order chi connectivity index (χ0) is 23.5. The van der Waals surface area contributed by atoms with Gasteiger partial charge >= 0.3 is 0 Å². The summed E-state index contributed by atoms with van der Waals surface area (Å²) in [7, 11) is 0. The van der Waals surface area contributed by atoms with Crippen molar-refractivity contribution in [3.05, 3.63) is 60.2 Å². The van der Waals surface area contributed by atoms with Gasteiger partial charge in [0, 0.05) is 34.8 Å². The lowest BCUT2D eigenvalue weighted by molar-refractivity contribution is 0.0928. The van der Waals surface area contributed by atoms with Gasteiger partial charge in [-0.25, -0.2) is 19.3 Å². The number of aromatic amines is 1. The van der Waals surface area contributed by atoms with E-state index in [0.717, 1.165) is 23.0 Å². The maximum atomic E-state index is 14.1. The maximum Gasteiger partial charge on any atom is 0.164 e. The Labute approximate surface area is 204 Å². The Morgan fingerprint density at radius 1 is 0.943 bits per heavy atom. The molecule has 6 heteroatoms. The van der Waals surface area contributed by atoms with E-state index < -0.39 is 0 Å². The van der Waals surface area contributed by atoms with Crippen LogP contribution in [0, 0.1) is 23.6 Å². The van der Waals surface area contributed by atoms with Crippen molar-refractivity contribution in [2.45, 2.75) is 57.4 Å². The number of anilines is 1. The number of H-pyrrole nitrogens is 1. The van der Waals surface area contributed by atoms with Crippen LogP contribution in [0.4, 0.5) is 10.2 Å². The molecule has 35 heavy (non-hydrogen) atoms. The summed E-state index contributed by atoms with van der Waals surface area (Å²) >= 11 is 0. The smallest absolute Gasteiger partial charge is 0.164 e. The molecule has 0 aliphatic heterocycles. The molecule has 8 rings (SSSR count). The lowest BCUT2D eigenvalue weighted by atomic mass is 9.62. The third-order valence-electron chi connectivity index (χ3n) is 8.67. The lowest BCUT2D eigenvalue weighted by Crippen LogP contribution is -2.47. The van der Waals surface area contributed by atoms with E-state index in [1.807, 2.05) is 6.20 Å². The summed E-state index contributed by atoms with van der Waals surface area (Å²) in [4.78, 5) is 17.4. The van der Waals surface area contributed by atoms with Crippen LogP contribution in [0.5, 0.6) is 0 Å². The zero-order valence-corrected chi connectivity index (χ0v) is 20.0. The number of fused-ring (bicyclic) bond motifs is 4. The van der Waals surface area contributed by atoms with Crippen molar-refractivity contribution in [2.75, 3.05) is 5.32 Å². The maximum absolute atomic E-state index is 14.1. The van der Waals surface area contributed by atoms with Gasteiger partial charge in [0.05, 0.1) is 11.9 Å². The van der Waals surface area contributed by atoms with Crippen molar-refractivity contribution in [3.8, 4) is 22.6 Å². The fraction of sp³-hybridized carbons (Fsp3) is 0.414. The summed E-state index contributed by atoms with van der Waals surface area (Å²) in [6, 6.07) is 12.7. The lowest BCUT2D eigenvalue weighted by Gasteiger charge is -2.47. The summed E-state index contributed by atoms with van der Waals surface area (Å²) in [5.41, 5.74) is 4.87. The number of nitrogens with zero attached hydrogens (tertiary/aromatic N) is 3. The molecule has 2 bridgehead atoms. The second kappa shape index (κ2) is 8.14. The molecule has 178 valence electrons. The molecule has 3 aromatic heterocycles. The number of nitrogens with one attached hydrogen (secondary N) is 2. The highest BCUT2D eigenvalue weighted by molar-refractivity contribution is 5.92. The van der Waals surface area contributed by atoms with Crippen LogP contribution in [-0.2, 0) is 0 Å². The molecular weight excluding hydrogens is 437 g/mol. The van der Waals surface area contributed by atoms with Crippen molar-refractivity contribution in [3.63, 3.8) is 0 Å². The molecule has 4 aliphatic carbocycles. The number of aromatic nitrogens is 4. The predicted molar refractivity (Wildman–Crippen MR) is 137 cm³/mol. The highest BCUT2D eigenvalue weighted by atomic mass is 19.1. The molecule has 4 aromatic rings. The second-order valence-corrected chi connectivity index (χ2v) is 10.8. The molecule has 0 spiro atoms. The van der Waals surface area contributed by atoms with E-state index in [2.05, 4.69) is 52.5 Å². The van der Waals surface area contributed by atoms with Gasteiger partial charge < -0.3 is 10.3 Å². The molecule has 4 aliphatic rings. The first-order valence-electron chi connectivity index (χ1n) is 13.0. The molecule has 4 saturated carbocycles. The number of benzene rings is 1. The largest absolute Gasteiger partial charge is 0.367 e. The fourth-order valence-corrected chi connectivity index (χ4v) is 6.60. The first kappa shape index (κ1) is 21.0. The third-order valence-corrected chi connectivity index (χ3v) is 8.67. The highest BCUT2D eigenvalue weighted by Gasteiger charge is 2.41. The molecule has 4 fully saturated rings. The Bertz CT molecular complexity index is 1400. The number of pyridine rings is 1. The van der Waals surface area contributed by atoms with E-state index in [-0.39, 0.29) is 5.82 Å². The van der Waals surface area contributed by atoms with Crippen LogP contribution >= 0.6 is 0 Å². The van der Waals surface area contributed by atoms with Crippen molar-refractivity contribution in [1.82, 2.24) is 19.9 Å². The van der Waals surface area contributed by atoms with Gasteiger partial charge in [-0.2, -0.15) is 0 Å². The summed E-state index contributed by atoms with van der Waals surface area (Å²) in [5, 5.41) is 4.55. The minimum Gasteiger partial charge on any atom is -0.367 e. The van der Waals surface area contributed by atoms with E-state index in [0.29, 0.717) is 40.7 Å². The topological polar surface area (TPSA) is 66.5 Å². The molecule has 1 aromatic carbocycles. The van der Waals surface area contributed by atoms with Crippen molar-refractivity contribution < 1.29 is 4.39 Å². The van der Waals surface area contributed by atoms with Gasteiger partial charge in [-0.3, -0.25) is 0 Å². The van der Waals surface area contributed by atoms with Gasteiger partial charge in [-0.1, -0.05) is 31.2 Å². The van der Waals surface area contributed by atoms with Gasteiger partial charge in [-0.05, 0) is 73.8 Å². The number of hydrogen-bond donors (Lipinski definition) is 2. The highest BCUT2D eigenvalue weighted by Crippen LogP contribution is 2.47. The molecule has 2 atom stereocenters. The molecule has 2 unspecified atom stereocenters. The average Bonchev–Trinajstić information content (AvgIpc) is 3.65. The van der Waals surface area contributed by atoms with E-state index in [9.17, 15) is 4.39 Å². The normalized spacial score (nSPS) is 25.8. The van der Waals surface area contributed by atoms with E-state index in [1.165, 1.54) is 61.9 Å². The standard InChI is InChI=1S/C29H30FN5/c1-16-17-6-10-19(11-7-17)27(16)34-26-13-25(22-5-3-2-4-21(22)18-8-9-18)33-29(35-26)24-15-32-28-23(24)12-20(30)14-31-28/h2-5,12-19,27H,6-11H2,1H3,(H,31,32)(H,33,34,35). The molecule has 0 saturated heterocycles. The summed E-state index contributed by atoms with van der Waals surface area (Å²) in [6.45, 7) is 2.40. The summed E-state index contributed by atoms with van der Waals surface area (Å²) < 4.78 is 14.1. The van der Waals surface area contributed by atoms with Gasteiger partial charge in [0.15, 0.2) is 5.82 Å². The van der Waals surface area contributed by atoms with E-state index in [1.54, 1.807) is 0 Å². The number of halogens is 1. The molecular formula is C29H30FN5.